The molecule has 0 spiro atoms. The van der Waals surface area contributed by atoms with Crippen LogP contribution >= 0.6 is 0 Å². The van der Waals surface area contributed by atoms with Crippen LogP contribution in [0.25, 0.3) is 10.8 Å². The van der Waals surface area contributed by atoms with Crippen molar-refractivity contribution in [3.05, 3.63) is 42.5 Å². The molecular weight excluding hydrogens is 326 g/mol. The second-order valence-corrected chi connectivity index (χ2v) is 7.14. The number of piperidine rings is 1. The molecule has 0 radical (unpaired) electrons. The van der Waals surface area contributed by atoms with E-state index in [9.17, 15) is 9.59 Å². The highest BCUT2D eigenvalue weighted by Crippen LogP contribution is 2.23. The molecule has 2 amide bonds. The second-order valence-electron chi connectivity index (χ2n) is 7.14. The first-order chi connectivity index (χ1) is 12.6. The average molecular weight is 353 g/mol. The predicted octanol–water partition coefficient (Wildman–Crippen LogP) is 2.92. The van der Waals surface area contributed by atoms with Crippen molar-refractivity contribution in [2.75, 3.05) is 25.0 Å². The highest BCUT2D eigenvalue weighted by atomic mass is 16.2. The van der Waals surface area contributed by atoms with Gasteiger partial charge >= 0.3 is 0 Å². The van der Waals surface area contributed by atoms with Gasteiger partial charge in [-0.2, -0.15) is 0 Å². The first kappa shape index (κ1) is 18.4. The van der Waals surface area contributed by atoms with Gasteiger partial charge in [0, 0.05) is 17.5 Å². The van der Waals surface area contributed by atoms with Crippen molar-refractivity contribution in [2.24, 2.45) is 11.8 Å². The molecule has 3 rings (SSSR count). The number of rotatable bonds is 6. The summed E-state index contributed by atoms with van der Waals surface area (Å²) in [5.74, 6) is 0.598. The van der Waals surface area contributed by atoms with Gasteiger partial charge in [0.1, 0.15) is 0 Å². The number of carbonyl (C=O) groups is 2. The summed E-state index contributed by atoms with van der Waals surface area (Å²) in [4.78, 5) is 24.4. The zero-order valence-corrected chi connectivity index (χ0v) is 15.3. The van der Waals surface area contributed by atoms with E-state index in [0.29, 0.717) is 18.3 Å². The molecule has 26 heavy (non-hydrogen) atoms. The third-order valence-electron chi connectivity index (χ3n) is 5.16. The molecule has 1 saturated heterocycles. The molecule has 2 atom stereocenters. The van der Waals surface area contributed by atoms with Crippen molar-refractivity contribution < 1.29 is 9.59 Å². The molecule has 0 aliphatic carbocycles. The molecule has 0 saturated carbocycles. The fourth-order valence-corrected chi connectivity index (χ4v) is 3.60. The summed E-state index contributed by atoms with van der Waals surface area (Å²) in [7, 11) is 0. The van der Waals surface area contributed by atoms with E-state index in [0.717, 1.165) is 29.5 Å². The number of anilines is 1. The average Bonchev–Trinajstić information content (AvgIpc) is 2.67. The first-order valence-corrected chi connectivity index (χ1v) is 9.38. The van der Waals surface area contributed by atoms with Crippen LogP contribution in [0, 0.1) is 11.8 Å². The smallest absolute Gasteiger partial charge is 0.243 e. The summed E-state index contributed by atoms with van der Waals surface area (Å²) in [6, 6.07) is 13.7. The minimum absolute atomic E-state index is 0.00229. The molecule has 1 heterocycles. The third kappa shape index (κ3) is 4.82. The Labute approximate surface area is 154 Å². The van der Waals surface area contributed by atoms with Crippen molar-refractivity contribution in [1.82, 2.24) is 10.6 Å². The standard InChI is InChI=1S/C21H27N3O2/c1-15(17-8-5-11-22-13-17)12-20(25)23-14-21(26)24-19-10-4-7-16-6-2-3-9-18(16)19/h2-4,6-7,9-10,15,17,22H,5,8,11-14H2,1H3,(H,23,25)(H,24,26). The van der Waals surface area contributed by atoms with Crippen LogP contribution in [-0.2, 0) is 9.59 Å². The van der Waals surface area contributed by atoms with Crippen LogP contribution in [0.4, 0.5) is 5.69 Å². The predicted molar refractivity (Wildman–Crippen MR) is 105 cm³/mol. The van der Waals surface area contributed by atoms with Gasteiger partial charge in [-0.1, -0.05) is 43.3 Å². The summed E-state index contributed by atoms with van der Waals surface area (Å²) in [6.45, 7) is 4.17. The summed E-state index contributed by atoms with van der Waals surface area (Å²) in [6.07, 6.45) is 2.81. The second kappa shape index (κ2) is 8.81. The lowest BCUT2D eigenvalue weighted by atomic mass is 9.85. The highest BCUT2D eigenvalue weighted by Gasteiger charge is 2.22. The highest BCUT2D eigenvalue weighted by molar-refractivity contribution is 6.03. The van der Waals surface area contributed by atoms with Crippen LogP contribution in [0.1, 0.15) is 26.2 Å². The number of amides is 2. The van der Waals surface area contributed by atoms with Gasteiger partial charge in [-0.25, -0.2) is 0 Å². The number of hydrogen-bond donors (Lipinski definition) is 3. The molecule has 1 aliphatic rings. The van der Waals surface area contributed by atoms with Crippen LogP contribution in [0.3, 0.4) is 0 Å². The maximum atomic E-state index is 12.2. The molecule has 1 aliphatic heterocycles. The Kier molecular flexibility index (Phi) is 6.23. The summed E-state index contributed by atoms with van der Waals surface area (Å²) in [5.41, 5.74) is 0.768. The maximum absolute atomic E-state index is 12.2. The molecule has 0 bridgehead atoms. The van der Waals surface area contributed by atoms with Gasteiger partial charge < -0.3 is 16.0 Å². The van der Waals surface area contributed by atoms with Gasteiger partial charge in [-0.05, 0) is 49.2 Å². The number of fused-ring (bicyclic) bond motifs is 1. The third-order valence-corrected chi connectivity index (χ3v) is 5.16. The lowest BCUT2D eigenvalue weighted by molar-refractivity contribution is -0.125. The van der Waals surface area contributed by atoms with E-state index in [-0.39, 0.29) is 18.4 Å². The SMILES string of the molecule is CC(CC(=O)NCC(=O)Nc1cccc2ccccc12)C1CCCNC1. The van der Waals surface area contributed by atoms with Gasteiger partial charge in [0.25, 0.3) is 0 Å². The summed E-state index contributed by atoms with van der Waals surface area (Å²) in [5, 5.41) is 11.1. The zero-order chi connectivity index (χ0) is 18.4. The maximum Gasteiger partial charge on any atom is 0.243 e. The topological polar surface area (TPSA) is 70.2 Å². The minimum Gasteiger partial charge on any atom is -0.347 e. The van der Waals surface area contributed by atoms with Crippen molar-refractivity contribution in [3.63, 3.8) is 0 Å². The quantitative estimate of drug-likeness (QED) is 0.748. The fraction of sp³-hybridized carbons (Fsp3) is 0.429. The van der Waals surface area contributed by atoms with Gasteiger partial charge in [0.2, 0.25) is 11.8 Å². The Balaban J connectivity index is 1.48. The van der Waals surface area contributed by atoms with Crippen molar-refractivity contribution >= 4 is 28.3 Å². The van der Waals surface area contributed by atoms with Gasteiger partial charge in [0.15, 0.2) is 0 Å². The molecule has 3 N–H and O–H groups in total. The molecule has 5 heteroatoms. The Hall–Kier alpha value is -2.40. The monoisotopic (exact) mass is 353 g/mol. The zero-order valence-electron chi connectivity index (χ0n) is 15.3. The van der Waals surface area contributed by atoms with Crippen molar-refractivity contribution in [1.29, 1.82) is 0 Å². The molecule has 2 unspecified atom stereocenters. The fourth-order valence-electron chi connectivity index (χ4n) is 3.60. The lowest BCUT2D eigenvalue weighted by Crippen LogP contribution is -2.37. The molecule has 5 nitrogen and oxygen atoms in total. The number of nitrogens with one attached hydrogen (secondary N) is 3. The number of benzene rings is 2. The van der Waals surface area contributed by atoms with Gasteiger partial charge in [-0.3, -0.25) is 9.59 Å². The Morgan fingerprint density at radius 3 is 2.77 bits per heavy atom. The van der Waals surface area contributed by atoms with Crippen LogP contribution in [0.15, 0.2) is 42.5 Å². The van der Waals surface area contributed by atoms with Crippen LogP contribution in [-0.4, -0.2) is 31.4 Å². The van der Waals surface area contributed by atoms with Crippen LogP contribution in [0.2, 0.25) is 0 Å². The van der Waals surface area contributed by atoms with E-state index in [1.165, 1.54) is 12.8 Å². The van der Waals surface area contributed by atoms with Crippen molar-refractivity contribution in [2.45, 2.75) is 26.2 Å². The van der Waals surface area contributed by atoms with Crippen LogP contribution in [0.5, 0.6) is 0 Å². The van der Waals surface area contributed by atoms with Crippen LogP contribution < -0.4 is 16.0 Å². The largest absolute Gasteiger partial charge is 0.347 e. The van der Waals surface area contributed by atoms with Crippen molar-refractivity contribution in [3.8, 4) is 0 Å². The normalized spacial score (nSPS) is 18.3. The molecule has 2 aromatic rings. The molecular formula is C21H27N3O2. The van der Waals surface area contributed by atoms with Gasteiger partial charge in [-0.15, -0.1) is 0 Å². The molecule has 138 valence electrons. The molecule has 1 fully saturated rings. The summed E-state index contributed by atoms with van der Waals surface area (Å²) < 4.78 is 0. The molecule has 0 aromatic heterocycles. The minimum atomic E-state index is -0.207. The van der Waals surface area contributed by atoms with E-state index in [2.05, 4.69) is 22.9 Å². The summed E-state index contributed by atoms with van der Waals surface area (Å²) >= 11 is 0. The van der Waals surface area contributed by atoms with E-state index in [4.69, 9.17) is 0 Å². The van der Waals surface area contributed by atoms with E-state index in [1.54, 1.807) is 0 Å². The van der Waals surface area contributed by atoms with E-state index < -0.39 is 0 Å². The lowest BCUT2D eigenvalue weighted by Gasteiger charge is -2.27. The van der Waals surface area contributed by atoms with E-state index in [1.807, 2.05) is 42.5 Å². The Morgan fingerprint density at radius 2 is 1.96 bits per heavy atom. The Morgan fingerprint density at radius 1 is 1.15 bits per heavy atom. The molecule has 2 aromatic carbocycles. The first-order valence-electron chi connectivity index (χ1n) is 9.38. The van der Waals surface area contributed by atoms with E-state index >= 15 is 0 Å². The number of carbonyl (C=O) groups excluding carboxylic acids is 2. The van der Waals surface area contributed by atoms with Gasteiger partial charge in [0.05, 0.1) is 6.54 Å². The number of hydrogen-bond acceptors (Lipinski definition) is 3. The Bertz CT molecular complexity index is 763.